The minimum atomic E-state index is 0.923. The topological polar surface area (TPSA) is 3.24 Å². The predicted octanol–water partition coefficient (Wildman–Crippen LogP) is 7.37. The molecular formula is C28H23N. The third-order valence-corrected chi connectivity index (χ3v) is 5.60. The van der Waals surface area contributed by atoms with Crippen LogP contribution >= 0.6 is 0 Å². The van der Waals surface area contributed by atoms with Crippen LogP contribution in [0.1, 0.15) is 5.56 Å². The Morgan fingerprint density at radius 3 is 1.45 bits per heavy atom. The van der Waals surface area contributed by atoms with E-state index >= 15 is 0 Å². The molecule has 5 aromatic rings. The molecule has 0 fully saturated rings. The van der Waals surface area contributed by atoms with Crippen molar-refractivity contribution in [3.63, 3.8) is 0 Å². The second kappa shape index (κ2) is 7.81. The van der Waals surface area contributed by atoms with Crippen LogP contribution in [0.15, 0.2) is 115 Å². The monoisotopic (exact) mass is 373 g/mol. The highest BCUT2D eigenvalue weighted by Crippen LogP contribution is 2.31. The van der Waals surface area contributed by atoms with Gasteiger partial charge < -0.3 is 4.90 Å². The normalized spacial score (nSPS) is 11.0. The lowest BCUT2D eigenvalue weighted by molar-refractivity contribution is 0.925. The fourth-order valence-electron chi connectivity index (χ4n) is 4.22. The van der Waals surface area contributed by atoms with Crippen molar-refractivity contribution < 1.29 is 0 Å². The third kappa shape index (κ3) is 3.48. The zero-order valence-electron chi connectivity index (χ0n) is 16.3. The summed E-state index contributed by atoms with van der Waals surface area (Å²) >= 11 is 0. The first-order chi connectivity index (χ1) is 14.4. The molecule has 0 atom stereocenters. The van der Waals surface area contributed by atoms with Crippen LogP contribution in [0.3, 0.4) is 0 Å². The summed E-state index contributed by atoms with van der Waals surface area (Å²) in [5.41, 5.74) is 3.88. The standard InChI is InChI=1S/C28H23N/c1-3-13-24(14-4-1)29(25-15-5-2-6-16-25)20-19-28-26-17-9-7-11-22(26)21-23-12-8-10-18-27(23)28/h1-18,21H,19-20H2. The summed E-state index contributed by atoms with van der Waals surface area (Å²) in [5.74, 6) is 0. The Labute approximate surface area is 171 Å². The molecule has 0 aliphatic heterocycles. The average Bonchev–Trinajstić information content (AvgIpc) is 2.80. The molecule has 5 rings (SSSR count). The molecule has 1 nitrogen and oxygen atoms in total. The van der Waals surface area contributed by atoms with Crippen molar-refractivity contribution in [3.8, 4) is 0 Å². The first-order valence-corrected chi connectivity index (χ1v) is 10.2. The van der Waals surface area contributed by atoms with Gasteiger partial charge in [-0.1, -0.05) is 84.9 Å². The molecule has 0 unspecified atom stereocenters. The number of benzene rings is 5. The summed E-state index contributed by atoms with van der Waals surface area (Å²) in [4.78, 5) is 2.41. The van der Waals surface area contributed by atoms with E-state index < -0.39 is 0 Å². The molecule has 0 aromatic heterocycles. The number of hydrogen-bond donors (Lipinski definition) is 0. The van der Waals surface area contributed by atoms with E-state index in [4.69, 9.17) is 0 Å². The van der Waals surface area contributed by atoms with Crippen LogP contribution in [0.5, 0.6) is 0 Å². The molecule has 0 aliphatic rings. The second-order valence-electron chi connectivity index (χ2n) is 7.37. The molecule has 5 aromatic carbocycles. The molecule has 1 heteroatoms. The number of fused-ring (bicyclic) bond motifs is 2. The maximum Gasteiger partial charge on any atom is 0.0410 e. The average molecular weight is 373 g/mol. The molecule has 0 saturated heterocycles. The van der Waals surface area contributed by atoms with Crippen molar-refractivity contribution in [2.75, 3.05) is 11.4 Å². The highest BCUT2D eigenvalue weighted by molar-refractivity contribution is 6.02. The molecule has 0 bridgehead atoms. The van der Waals surface area contributed by atoms with Crippen LogP contribution in [0.25, 0.3) is 21.5 Å². The SMILES string of the molecule is c1ccc(N(CCc2c3ccccc3cc3ccccc23)c2ccccc2)cc1. The van der Waals surface area contributed by atoms with E-state index in [9.17, 15) is 0 Å². The molecule has 0 spiro atoms. The number of hydrogen-bond acceptors (Lipinski definition) is 1. The Morgan fingerprint density at radius 2 is 0.931 bits per heavy atom. The fourth-order valence-corrected chi connectivity index (χ4v) is 4.22. The lowest BCUT2D eigenvalue weighted by Gasteiger charge is -2.26. The molecular weight excluding hydrogens is 350 g/mol. The van der Waals surface area contributed by atoms with E-state index in [1.165, 1.54) is 38.5 Å². The number of anilines is 2. The van der Waals surface area contributed by atoms with E-state index in [1.54, 1.807) is 0 Å². The van der Waals surface area contributed by atoms with Crippen LogP contribution in [0.2, 0.25) is 0 Å². The van der Waals surface area contributed by atoms with Crippen molar-refractivity contribution in [1.82, 2.24) is 0 Å². The number of rotatable bonds is 5. The smallest absolute Gasteiger partial charge is 0.0410 e. The Morgan fingerprint density at radius 1 is 0.483 bits per heavy atom. The maximum absolute atomic E-state index is 2.41. The lowest BCUT2D eigenvalue weighted by atomic mass is 9.94. The van der Waals surface area contributed by atoms with Gasteiger partial charge in [0.1, 0.15) is 0 Å². The Bertz CT molecular complexity index is 1150. The Balaban J connectivity index is 1.59. The maximum atomic E-state index is 2.41. The highest BCUT2D eigenvalue weighted by Gasteiger charge is 2.12. The summed E-state index contributed by atoms with van der Waals surface area (Å²) in [6, 6.07) is 41.1. The summed E-state index contributed by atoms with van der Waals surface area (Å²) < 4.78 is 0. The van der Waals surface area contributed by atoms with Crippen LogP contribution in [0.4, 0.5) is 11.4 Å². The molecule has 0 saturated carbocycles. The Kier molecular flexibility index (Phi) is 4.72. The molecule has 29 heavy (non-hydrogen) atoms. The van der Waals surface area contributed by atoms with Gasteiger partial charge in [0.25, 0.3) is 0 Å². The summed E-state index contributed by atoms with van der Waals surface area (Å²) in [6.45, 7) is 0.923. The minimum Gasteiger partial charge on any atom is -0.341 e. The number of nitrogens with zero attached hydrogens (tertiary/aromatic N) is 1. The van der Waals surface area contributed by atoms with Gasteiger partial charge >= 0.3 is 0 Å². The van der Waals surface area contributed by atoms with Gasteiger partial charge in [-0.05, 0) is 63.9 Å². The van der Waals surface area contributed by atoms with E-state index in [1.807, 2.05) is 0 Å². The van der Waals surface area contributed by atoms with Gasteiger partial charge in [0.2, 0.25) is 0 Å². The highest BCUT2D eigenvalue weighted by atomic mass is 15.1. The Hall–Kier alpha value is -3.58. The quantitative estimate of drug-likeness (QED) is 0.291. The summed E-state index contributed by atoms with van der Waals surface area (Å²) in [5, 5.41) is 5.33. The first kappa shape index (κ1) is 17.5. The molecule has 0 aliphatic carbocycles. The van der Waals surface area contributed by atoms with Gasteiger partial charge in [0, 0.05) is 17.9 Å². The second-order valence-corrected chi connectivity index (χ2v) is 7.37. The largest absolute Gasteiger partial charge is 0.341 e. The summed E-state index contributed by atoms with van der Waals surface area (Å²) in [6.07, 6.45) is 0.978. The van der Waals surface area contributed by atoms with Gasteiger partial charge in [-0.15, -0.1) is 0 Å². The molecule has 0 radical (unpaired) electrons. The van der Waals surface area contributed by atoms with Crippen LogP contribution in [-0.2, 0) is 6.42 Å². The van der Waals surface area contributed by atoms with E-state index in [0.717, 1.165) is 13.0 Å². The van der Waals surface area contributed by atoms with Crippen molar-refractivity contribution in [1.29, 1.82) is 0 Å². The van der Waals surface area contributed by atoms with Gasteiger partial charge in [0.15, 0.2) is 0 Å². The van der Waals surface area contributed by atoms with Crippen molar-refractivity contribution in [2.24, 2.45) is 0 Å². The van der Waals surface area contributed by atoms with Crippen LogP contribution in [-0.4, -0.2) is 6.54 Å². The fraction of sp³-hybridized carbons (Fsp3) is 0.0714. The van der Waals surface area contributed by atoms with Crippen LogP contribution < -0.4 is 4.90 Å². The van der Waals surface area contributed by atoms with Crippen molar-refractivity contribution in [3.05, 3.63) is 121 Å². The lowest BCUT2D eigenvalue weighted by Crippen LogP contribution is -2.20. The van der Waals surface area contributed by atoms with E-state index in [2.05, 4.69) is 120 Å². The summed E-state index contributed by atoms with van der Waals surface area (Å²) in [7, 11) is 0. The van der Waals surface area contributed by atoms with Crippen molar-refractivity contribution in [2.45, 2.75) is 6.42 Å². The first-order valence-electron chi connectivity index (χ1n) is 10.2. The van der Waals surface area contributed by atoms with Gasteiger partial charge in [-0.25, -0.2) is 0 Å². The van der Waals surface area contributed by atoms with E-state index in [0.29, 0.717) is 0 Å². The zero-order valence-corrected chi connectivity index (χ0v) is 16.3. The van der Waals surface area contributed by atoms with Gasteiger partial charge in [-0.3, -0.25) is 0 Å². The molecule has 0 amide bonds. The molecule has 140 valence electrons. The third-order valence-electron chi connectivity index (χ3n) is 5.60. The predicted molar refractivity (Wildman–Crippen MR) is 125 cm³/mol. The van der Waals surface area contributed by atoms with Crippen molar-refractivity contribution >= 4 is 32.9 Å². The van der Waals surface area contributed by atoms with Crippen LogP contribution in [0, 0.1) is 0 Å². The molecule has 0 heterocycles. The van der Waals surface area contributed by atoms with Gasteiger partial charge in [0.05, 0.1) is 0 Å². The minimum absolute atomic E-state index is 0.923. The molecule has 0 N–H and O–H groups in total. The zero-order chi connectivity index (χ0) is 19.5. The number of para-hydroxylation sites is 2. The van der Waals surface area contributed by atoms with E-state index in [-0.39, 0.29) is 0 Å². The van der Waals surface area contributed by atoms with Gasteiger partial charge in [-0.2, -0.15) is 0 Å².